The summed E-state index contributed by atoms with van der Waals surface area (Å²) in [5.74, 6) is 1.25. The SMILES string of the molecule is C/C=C(/CC)OC(=O)O/C(=C\C)CC. The fraction of sp³-hybridized carbons (Fsp3) is 0.545. The number of ether oxygens (including phenoxy) is 2. The number of carbonyl (C=O) groups is 1. The first-order valence-electron chi connectivity index (χ1n) is 4.87. The number of rotatable bonds is 4. The van der Waals surface area contributed by atoms with Gasteiger partial charge in [0, 0.05) is 12.8 Å². The van der Waals surface area contributed by atoms with Crippen LogP contribution in [-0.4, -0.2) is 6.16 Å². The topological polar surface area (TPSA) is 35.5 Å². The molecule has 3 heteroatoms. The van der Waals surface area contributed by atoms with Gasteiger partial charge in [0.05, 0.1) is 0 Å². The molecule has 0 saturated heterocycles. The molecule has 0 aromatic carbocycles. The Hall–Kier alpha value is -1.25. The Kier molecular flexibility index (Phi) is 6.54. The number of hydrogen-bond donors (Lipinski definition) is 0. The summed E-state index contributed by atoms with van der Waals surface area (Å²) >= 11 is 0. The van der Waals surface area contributed by atoms with Crippen LogP contribution in [0.2, 0.25) is 0 Å². The molecule has 0 radical (unpaired) electrons. The first-order valence-corrected chi connectivity index (χ1v) is 4.87. The van der Waals surface area contributed by atoms with E-state index in [-0.39, 0.29) is 0 Å². The number of carbonyl (C=O) groups excluding carboxylic acids is 1. The summed E-state index contributed by atoms with van der Waals surface area (Å²) < 4.78 is 9.88. The van der Waals surface area contributed by atoms with E-state index in [0.717, 1.165) is 0 Å². The molecule has 0 heterocycles. The Morgan fingerprint density at radius 1 is 1.00 bits per heavy atom. The summed E-state index contributed by atoms with van der Waals surface area (Å²) in [6, 6.07) is 0. The predicted octanol–water partition coefficient (Wildman–Crippen LogP) is 3.77. The van der Waals surface area contributed by atoms with Gasteiger partial charge >= 0.3 is 6.16 Å². The van der Waals surface area contributed by atoms with Crippen molar-refractivity contribution in [2.75, 3.05) is 0 Å². The van der Waals surface area contributed by atoms with Gasteiger partial charge in [-0.25, -0.2) is 4.79 Å². The van der Waals surface area contributed by atoms with E-state index in [1.54, 1.807) is 12.2 Å². The van der Waals surface area contributed by atoms with Gasteiger partial charge in [-0.15, -0.1) is 0 Å². The summed E-state index contributed by atoms with van der Waals surface area (Å²) in [7, 11) is 0. The van der Waals surface area contributed by atoms with Crippen molar-refractivity contribution in [3.05, 3.63) is 23.7 Å². The minimum absolute atomic E-state index is 0.626. The number of hydrogen-bond acceptors (Lipinski definition) is 3. The van der Waals surface area contributed by atoms with E-state index in [2.05, 4.69) is 0 Å². The average molecular weight is 198 g/mol. The maximum atomic E-state index is 11.2. The summed E-state index contributed by atoms with van der Waals surface area (Å²) in [6.07, 6.45) is 4.21. The zero-order chi connectivity index (χ0) is 11.0. The van der Waals surface area contributed by atoms with Crippen LogP contribution in [0, 0.1) is 0 Å². The fourth-order valence-electron chi connectivity index (χ4n) is 0.905. The van der Waals surface area contributed by atoms with Gasteiger partial charge in [-0.2, -0.15) is 0 Å². The van der Waals surface area contributed by atoms with Crippen LogP contribution in [0.5, 0.6) is 0 Å². The number of allylic oxidation sites excluding steroid dienone is 4. The van der Waals surface area contributed by atoms with Crippen molar-refractivity contribution in [2.24, 2.45) is 0 Å². The van der Waals surface area contributed by atoms with E-state index < -0.39 is 6.16 Å². The molecule has 0 aromatic heterocycles. The molecule has 80 valence electrons. The molecule has 0 amide bonds. The summed E-state index contributed by atoms with van der Waals surface area (Å²) in [5, 5.41) is 0. The monoisotopic (exact) mass is 198 g/mol. The third-order valence-corrected chi connectivity index (χ3v) is 1.77. The molecule has 0 aliphatic heterocycles. The second-order valence-electron chi connectivity index (χ2n) is 2.67. The van der Waals surface area contributed by atoms with Crippen molar-refractivity contribution in [1.82, 2.24) is 0 Å². The van der Waals surface area contributed by atoms with Crippen LogP contribution in [0.1, 0.15) is 40.5 Å². The molecule has 0 aliphatic carbocycles. The van der Waals surface area contributed by atoms with Gasteiger partial charge in [0.15, 0.2) is 0 Å². The largest absolute Gasteiger partial charge is 0.518 e. The van der Waals surface area contributed by atoms with Crippen LogP contribution in [0.15, 0.2) is 23.7 Å². The van der Waals surface area contributed by atoms with Crippen LogP contribution in [0.3, 0.4) is 0 Å². The first-order chi connectivity index (χ1) is 6.67. The van der Waals surface area contributed by atoms with Crippen LogP contribution in [0.4, 0.5) is 4.79 Å². The van der Waals surface area contributed by atoms with Gasteiger partial charge in [-0.05, 0) is 26.0 Å². The maximum absolute atomic E-state index is 11.2. The highest BCUT2D eigenvalue weighted by atomic mass is 16.7. The highest BCUT2D eigenvalue weighted by Gasteiger charge is 2.08. The van der Waals surface area contributed by atoms with Gasteiger partial charge in [0.1, 0.15) is 11.5 Å². The van der Waals surface area contributed by atoms with Crippen molar-refractivity contribution in [1.29, 1.82) is 0 Å². The molecule has 0 aromatic rings. The summed E-state index contributed by atoms with van der Waals surface area (Å²) in [6.45, 7) is 7.48. The molecule has 0 fully saturated rings. The molecular formula is C11H18O3. The minimum atomic E-state index is -0.658. The lowest BCUT2D eigenvalue weighted by atomic mass is 10.4. The van der Waals surface area contributed by atoms with Gasteiger partial charge in [-0.3, -0.25) is 0 Å². The van der Waals surface area contributed by atoms with E-state index in [9.17, 15) is 4.79 Å². The minimum Gasteiger partial charge on any atom is -0.400 e. The molecule has 0 rings (SSSR count). The van der Waals surface area contributed by atoms with Gasteiger partial charge < -0.3 is 9.47 Å². The van der Waals surface area contributed by atoms with Crippen LogP contribution in [-0.2, 0) is 9.47 Å². The highest BCUT2D eigenvalue weighted by molar-refractivity contribution is 5.62. The smallest absolute Gasteiger partial charge is 0.400 e. The maximum Gasteiger partial charge on any atom is 0.518 e. The fourth-order valence-corrected chi connectivity index (χ4v) is 0.905. The van der Waals surface area contributed by atoms with E-state index >= 15 is 0 Å². The van der Waals surface area contributed by atoms with E-state index in [0.29, 0.717) is 24.4 Å². The zero-order valence-corrected chi connectivity index (χ0v) is 9.29. The van der Waals surface area contributed by atoms with Gasteiger partial charge in [-0.1, -0.05) is 13.8 Å². The van der Waals surface area contributed by atoms with Crippen molar-refractivity contribution in [3.63, 3.8) is 0 Å². The van der Waals surface area contributed by atoms with Gasteiger partial charge in [0.2, 0.25) is 0 Å². The second-order valence-corrected chi connectivity index (χ2v) is 2.67. The molecule has 0 bridgehead atoms. The molecule has 0 aliphatic rings. The Morgan fingerprint density at radius 3 is 1.57 bits per heavy atom. The van der Waals surface area contributed by atoms with Crippen molar-refractivity contribution < 1.29 is 14.3 Å². The molecule has 0 saturated carbocycles. The normalized spacial score (nSPS) is 12.6. The van der Waals surface area contributed by atoms with Gasteiger partial charge in [0.25, 0.3) is 0 Å². The Labute approximate surface area is 85.4 Å². The van der Waals surface area contributed by atoms with Crippen LogP contribution in [0.25, 0.3) is 0 Å². The third kappa shape index (κ3) is 4.70. The van der Waals surface area contributed by atoms with Crippen LogP contribution >= 0.6 is 0 Å². The molecular weight excluding hydrogens is 180 g/mol. The Morgan fingerprint density at radius 2 is 1.36 bits per heavy atom. The predicted molar refractivity (Wildman–Crippen MR) is 55.7 cm³/mol. The lowest BCUT2D eigenvalue weighted by Gasteiger charge is -2.07. The van der Waals surface area contributed by atoms with E-state index in [1.165, 1.54) is 0 Å². The Bertz CT molecular complexity index is 215. The lowest BCUT2D eigenvalue weighted by molar-refractivity contribution is 0.0979. The van der Waals surface area contributed by atoms with E-state index in [1.807, 2.05) is 27.7 Å². The zero-order valence-electron chi connectivity index (χ0n) is 9.29. The Balaban J connectivity index is 4.10. The van der Waals surface area contributed by atoms with Crippen molar-refractivity contribution >= 4 is 6.16 Å². The first kappa shape index (κ1) is 12.8. The molecule has 0 atom stereocenters. The third-order valence-electron chi connectivity index (χ3n) is 1.77. The molecule has 3 nitrogen and oxygen atoms in total. The molecule has 0 unspecified atom stereocenters. The quantitative estimate of drug-likeness (QED) is 0.509. The van der Waals surface area contributed by atoms with Crippen molar-refractivity contribution in [3.8, 4) is 0 Å². The molecule has 0 N–H and O–H groups in total. The van der Waals surface area contributed by atoms with E-state index in [4.69, 9.17) is 9.47 Å². The molecule has 0 spiro atoms. The summed E-state index contributed by atoms with van der Waals surface area (Å²) in [5.41, 5.74) is 0. The lowest BCUT2D eigenvalue weighted by Crippen LogP contribution is -2.06. The highest BCUT2D eigenvalue weighted by Crippen LogP contribution is 2.09. The standard InChI is InChI=1S/C11H18O3/c1-5-9(6-2)13-11(12)14-10(7-3)8-4/h5,7H,6,8H2,1-4H3/b9-5-,10-7-. The molecule has 14 heavy (non-hydrogen) atoms. The second kappa shape index (κ2) is 7.18. The summed E-state index contributed by atoms with van der Waals surface area (Å²) in [4.78, 5) is 11.2. The van der Waals surface area contributed by atoms with Crippen LogP contribution < -0.4 is 0 Å². The average Bonchev–Trinajstić information content (AvgIpc) is 2.22. The van der Waals surface area contributed by atoms with Crippen molar-refractivity contribution in [2.45, 2.75) is 40.5 Å².